The molecule has 0 spiro atoms. The summed E-state index contributed by atoms with van der Waals surface area (Å²) in [6.45, 7) is -0.162. The van der Waals surface area contributed by atoms with Crippen molar-refractivity contribution in [2.24, 2.45) is 0 Å². The van der Waals surface area contributed by atoms with E-state index in [4.69, 9.17) is 15.3 Å². The van der Waals surface area contributed by atoms with Crippen LogP contribution in [0.15, 0.2) is 0 Å². The van der Waals surface area contributed by atoms with Crippen LogP contribution in [-0.4, -0.2) is 57.9 Å². The van der Waals surface area contributed by atoms with Gasteiger partial charge in [-0.05, 0) is 0 Å². The minimum atomic E-state index is -1.01. The summed E-state index contributed by atoms with van der Waals surface area (Å²) < 4.78 is 0. The fraction of sp³-hybridized carbons (Fsp3) is 1.00. The maximum atomic E-state index is 9.18. The molecule has 0 aliphatic carbocycles. The van der Waals surface area contributed by atoms with Crippen molar-refractivity contribution in [3.05, 3.63) is 0 Å². The van der Waals surface area contributed by atoms with Crippen molar-refractivity contribution in [1.82, 2.24) is 5.32 Å². The zero-order valence-electron chi connectivity index (χ0n) is 6.42. The van der Waals surface area contributed by atoms with Crippen LogP contribution in [0.4, 0.5) is 0 Å². The van der Waals surface area contributed by atoms with Gasteiger partial charge in [0.05, 0.1) is 31.0 Å². The predicted octanol–water partition coefficient (Wildman–Crippen LogP) is -2.54. The Kier molecular flexibility index (Phi) is 5.00. The van der Waals surface area contributed by atoms with Gasteiger partial charge in [0.25, 0.3) is 0 Å². The van der Waals surface area contributed by atoms with E-state index in [1.807, 2.05) is 0 Å². The van der Waals surface area contributed by atoms with E-state index in [1.165, 1.54) is 0 Å². The molecule has 1 heterocycles. The summed E-state index contributed by atoms with van der Waals surface area (Å²) in [5, 5.41) is 38.5. The van der Waals surface area contributed by atoms with E-state index in [1.54, 1.807) is 0 Å². The van der Waals surface area contributed by atoms with Crippen molar-refractivity contribution in [3.8, 4) is 0 Å². The average molecular weight is 200 g/mol. The highest BCUT2D eigenvalue weighted by molar-refractivity contribution is 5.85. The third-order valence-electron chi connectivity index (χ3n) is 1.93. The minimum Gasteiger partial charge on any atom is -0.394 e. The van der Waals surface area contributed by atoms with Gasteiger partial charge < -0.3 is 25.7 Å². The number of rotatable bonds is 2. The van der Waals surface area contributed by atoms with Crippen LogP contribution in [0.3, 0.4) is 0 Å². The molecule has 0 unspecified atom stereocenters. The lowest BCUT2D eigenvalue weighted by Crippen LogP contribution is -2.44. The Morgan fingerprint density at radius 2 is 2.00 bits per heavy atom. The predicted molar refractivity (Wildman–Crippen MR) is 44.1 cm³/mol. The smallest absolute Gasteiger partial charge is 0.0990 e. The molecule has 74 valence electrons. The van der Waals surface area contributed by atoms with Crippen LogP contribution in [0, 0.1) is 0 Å². The SMILES string of the molecule is Cl.OC[C@H](O)[C@@H]1NC[C@H](O)[C@@H]1O. The monoisotopic (exact) mass is 199 g/mol. The number of hydrogen-bond donors (Lipinski definition) is 5. The third-order valence-corrected chi connectivity index (χ3v) is 1.93. The van der Waals surface area contributed by atoms with E-state index in [-0.39, 0.29) is 19.0 Å². The van der Waals surface area contributed by atoms with E-state index < -0.39 is 31.0 Å². The van der Waals surface area contributed by atoms with Gasteiger partial charge in [0.1, 0.15) is 0 Å². The Balaban J connectivity index is 0.00000121. The zero-order chi connectivity index (χ0) is 8.43. The number of aliphatic hydroxyl groups is 4. The molecule has 6 heteroatoms. The molecular weight excluding hydrogens is 186 g/mol. The molecular formula is C6H14ClNO4. The van der Waals surface area contributed by atoms with Crippen LogP contribution in [0.5, 0.6) is 0 Å². The van der Waals surface area contributed by atoms with E-state index in [2.05, 4.69) is 5.32 Å². The number of β-amino-alcohol motifs (C(OH)–C–C–N with tert-alkyl or cyclic N) is 1. The molecule has 1 fully saturated rings. The maximum absolute atomic E-state index is 9.18. The van der Waals surface area contributed by atoms with Crippen molar-refractivity contribution in [2.45, 2.75) is 24.4 Å². The maximum Gasteiger partial charge on any atom is 0.0990 e. The van der Waals surface area contributed by atoms with Gasteiger partial charge in [-0.3, -0.25) is 0 Å². The summed E-state index contributed by atoms with van der Waals surface area (Å²) in [4.78, 5) is 0. The van der Waals surface area contributed by atoms with Crippen molar-refractivity contribution < 1.29 is 20.4 Å². The fourth-order valence-corrected chi connectivity index (χ4v) is 1.21. The molecule has 0 amide bonds. The number of halogens is 1. The van der Waals surface area contributed by atoms with Gasteiger partial charge >= 0.3 is 0 Å². The Hall–Kier alpha value is 0.0900. The standard InChI is InChI=1S/C6H13NO4.ClH/c8-2-4(10)5-6(11)3(9)1-7-5;/h3-11H,1-2H2;1H/t3-,4-,5-,6-;/m0./s1. The first kappa shape index (κ1) is 12.1. The fourth-order valence-electron chi connectivity index (χ4n) is 1.21. The quantitative estimate of drug-likeness (QED) is 0.338. The summed E-state index contributed by atoms with van der Waals surface area (Å²) in [6, 6.07) is -0.616. The Labute approximate surface area is 76.4 Å². The summed E-state index contributed by atoms with van der Waals surface area (Å²) in [5.41, 5.74) is 0. The Morgan fingerprint density at radius 3 is 2.33 bits per heavy atom. The minimum absolute atomic E-state index is 0. The molecule has 4 atom stereocenters. The molecule has 0 saturated carbocycles. The number of nitrogens with one attached hydrogen (secondary N) is 1. The normalized spacial score (nSPS) is 37.5. The Bertz CT molecular complexity index is 137. The molecule has 1 aliphatic rings. The molecule has 1 rings (SSSR count). The molecule has 0 aromatic carbocycles. The van der Waals surface area contributed by atoms with Crippen LogP contribution < -0.4 is 5.32 Å². The molecule has 0 bridgehead atoms. The van der Waals surface area contributed by atoms with Crippen LogP contribution in [0.1, 0.15) is 0 Å². The summed E-state index contributed by atoms with van der Waals surface area (Å²) in [5.74, 6) is 0. The summed E-state index contributed by atoms with van der Waals surface area (Å²) in [6.07, 6.45) is -2.85. The topological polar surface area (TPSA) is 93.0 Å². The van der Waals surface area contributed by atoms with Crippen molar-refractivity contribution in [2.75, 3.05) is 13.2 Å². The molecule has 1 saturated heterocycles. The first-order chi connectivity index (χ1) is 5.16. The second-order valence-electron chi connectivity index (χ2n) is 2.74. The van der Waals surface area contributed by atoms with Gasteiger partial charge in [0.2, 0.25) is 0 Å². The molecule has 12 heavy (non-hydrogen) atoms. The van der Waals surface area contributed by atoms with Crippen LogP contribution in [0.2, 0.25) is 0 Å². The van der Waals surface area contributed by atoms with Gasteiger partial charge in [-0.2, -0.15) is 0 Å². The molecule has 5 nitrogen and oxygen atoms in total. The Morgan fingerprint density at radius 1 is 1.42 bits per heavy atom. The van der Waals surface area contributed by atoms with Crippen molar-refractivity contribution >= 4 is 12.4 Å². The highest BCUT2D eigenvalue weighted by Crippen LogP contribution is 2.10. The second kappa shape index (κ2) is 4.96. The van der Waals surface area contributed by atoms with Crippen LogP contribution >= 0.6 is 12.4 Å². The summed E-state index contributed by atoms with van der Waals surface area (Å²) >= 11 is 0. The largest absolute Gasteiger partial charge is 0.394 e. The zero-order valence-corrected chi connectivity index (χ0v) is 7.24. The molecule has 0 aromatic heterocycles. The lowest BCUT2D eigenvalue weighted by atomic mass is 10.1. The lowest BCUT2D eigenvalue weighted by Gasteiger charge is -2.19. The van der Waals surface area contributed by atoms with Gasteiger partial charge in [-0.15, -0.1) is 12.4 Å². The van der Waals surface area contributed by atoms with Crippen molar-refractivity contribution in [1.29, 1.82) is 0 Å². The van der Waals surface area contributed by atoms with Gasteiger partial charge in [-0.25, -0.2) is 0 Å². The van der Waals surface area contributed by atoms with Gasteiger partial charge in [-0.1, -0.05) is 0 Å². The van der Waals surface area contributed by atoms with Gasteiger partial charge in [0, 0.05) is 6.54 Å². The van der Waals surface area contributed by atoms with Gasteiger partial charge in [0.15, 0.2) is 0 Å². The number of hydrogen-bond acceptors (Lipinski definition) is 5. The van der Waals surface area contributed by atoms with E-state index in [0.717, 1.165) is 0 Å². The first-order valence-electron chi connectivity index (χ1n) is 3.55. The van der Waals surface area contributed by atoms with E-state index in [0.29, 0.717) is 0 Å². The molecule has 5 N–H and O–H groups in total. The van der Waals surface area contributed by atoms with E-state index in [9.17, 15) is 5.11 Å². The van der Waals surface area contributed by atoms with Crippen molar-refractivity contribution in [3.63, 3.8) is 0 Å². The average Bonchev–Trinajstić information content (AvgIpc) is 2.32. The highest BCUT2D eigenvalue weighted by Gasteiger charge is 2.36. The number of aliphatic hydroxyl groups excluding tert-OH is 4. The molecule has 0 radical (unpaired) electrons. The summed E-state index contributed by atoms with van der Waals surface area (Å²) in [7, 11) is 0. The van der Waals surface area contributed by atoms with Crippen LogP contribution in [0.25, 0.3) is 0 Å². The second-order valence-corrected chi connectivity index (χ2v) is 2.74. The van der Waals surface area contributed by atoms with E-state index >= 15 is 0 Å². The molecule has 0 aromatic rings. The lowest BCUT2D eigenvalue weighted by molar-refractivity contribution is -0.00977. The molecule has 1 aliphatic heterocycles. The third kappa shape index (κ3) is 2.29. The highest BCUT2D eigenvalue weighted by atomic mass is 35.5. The van der Waals surface area contributed by atoms with Crippen LogP contribution in [-0.2, 0) is 0 Å². The first-order valence-corrected chi connectivity index (χ1v) is 3.55.